The molecule has 64 nitrogen and oxygen atoms in total. The van der Waals surface area contributed by atoms with Crippen molar-refractivity contribution >= 4 is 23.8 Å². The Bertz CT molecular complexity index is 3870. The minimum Gasteiger partial charge on any atom is -0.477 e. The first-order chi connectivity index (χ1) is 66.0. The Morgan fingerprint density at radius 3 is 1.05 bits per heavy atom. The highest BCUT2D eigenvalue weighted by Gasteiger charge is 2.67. The van der Waals surface area contributed by atoms with Crippen molar-refractivity contribution in [3.63, 3.8) is 0 Å². The highest BCUT2D eigenvalue weighted by Crippen LogP contribution is 2.46. The molecule has 0 aliphatic carbocycles. The molecule has 0 aromatic rings. The van der Waals surface area contributed by atoms with Gasteiger partial charge in [0.15, 0.2) is 56.6 Å². The van der Waals surface area contributed by atoms with E-state index in [9.17, 15) is 208 Å². The maximum absolute atomic E-state index is 13.7. The second-order valence-electron chi connectivity index (χ2n) is 35.2. The van der Waals surface area contributed by atoms with Gasteiger partial charge < -0.3 is 299 Å². The number of carboxylic acids is 2. The second-order valence-corrected chi connectivity index (χ2v) is 35.2. The molecular weight excluding hydrogens is 1930 g/mol. The molecule has 0 spiro atoms. The third-order valence-corrected chi connectivity index (χ3v) is 25.7. The summed E-state index contributed by atoms with van der Waals surface area (Å²) in [5, 5.41) is 421. The van der Waals surface area contributed by atoms with Crippen LogP contribution in [0.5, 0.6) is 0 Å². The lowest BCUT2D eigenvalue weighted by molar-refractivity contribution is -0.426. The van der Waals surface area contributed by atoms with Gasteiger partial charge in [0.1, 0.15) is 268 Å². The molecule has 11 saturated heterocycles. The maximum atomic E-state index is 13.7. The van der Waals surface area contributed by atoms with Gasteiger partial charge >= 0.3 is 11.9 Å². The lowest BCUT2D eigenvalue weighted by atomic mass is 9.89. The summed E-state index contributed by atoms with van der Waals surface area (Å²) >= 11 is 0. The van der Waals surface area contributed by atoms with Gasteiger partial charge in [0, 0.05) is 26.7 Å². The summed E-state index contributed by atoms with van der Waals surface area (Å²) in [5.74, 6) is -14.3. The molecule has 140 heavy (non-hydrogen) atoms. The summed E-state index contributed by atoms with van der Waals surface area (Å²) in [5.41, 5.74) is 0. The average Bonchev–Trinajstić information content (AvgIpc) is 0.742. The minimum atomic E-state index is -3.80. The van der Waals surface area contributed by atoms with Crippen LogP contribution in [-0.2, 0) is 119 Å². The molecule has 11 heterocycles. The van der Waals surface area contributed by atoms with Crippen LogP contribution < -0.4 is 10.6 Å². The zero-order valence-corrected chi connectivity index (χ0v) is 73.7. The SMILES string of the molecule is CC(=O)N[C@H]1[C@@H](O[C@H]2[C@@H](O)[C@@H](CO)O[C@@H](O[C@H]3[C@H](O)[C@@H](O)[C@H](O[C@H]4[C@H](O[C@H]5O[C@H]([C@@H](O)CO)[C@@H](O)[C@H](O[C@@H]6O[C@H](CO)[C@@H](O[C@@H]7O[C@H](CO)[C@H](O)[C@H](O)[C@H]7O)[C@H](O)[C@H]6O)[C@@H]5O[C@H]5O[C@H](CO)[C@@H](O)[C@H](O)[C@H]5NC(C)=O)[C@H](O)[C@@H](O[C@H]5[C@@H]([C@H](O)CO)O[C@@](O)(C(=O)O)C[C@H]5O[C@]5(C(=O)O)C[C@@H](O)[C@@H](O)[C@@H]([C@H](O)CO)O5)O[C@@H]4[C@@H](O)CO)O[C@@H]3CO)[C@@H]2O)O[C@H](CO)[C@@H](O[C@H]2O[C@H](CO)[C@H](O)[C@H](O)[C@H]2O)[C@@H]1O. The number of carbonyl (C=O) groups is 4. The van der Waals surface area contributed by atoms with Crippen molar-refractivity contribution < 1.29 is 308 Å². The first kappa shape index (κ1) is 116. The van der Waals surface area contributed by atoms with E-state index in [2.05, 4.69) is 10.6 Å². The van der Waals surface area contributed by atoms with Crippen molar-refractivity contribution in [1.29, 1.82) is 0 Å². The van der Waals surface area contributed by atoms with E-state index in [1.165, 1.54) is 0 Å². The fraction of sp³-hybridized carbons (Fsp3) is 0.947. The number of aliphatic carboxylic acids is 2. The number of carboxylic acid groups (broad SMARTS) is 2. The van der Waals surface area contributed by atoms with Crippen molar-refractivity contribution in [2.75, 3.05) is 72.7 Å². The minimum absolute atomic E-state index is 0.820. The summed E-state index contributed by atoms with van der Waals surface area (Å²) in [6, 6.07) is -4.14. The van der Waals surface area contributed by atoms with Crippen LogP contribution >= 0.6 is 0 Å². The molecule has 0 radical (unpaired) electrons. The van der Waals surface area contributed by atoms with Gasteiger partial charge in [-0.05, 0) is 0 Å². The standard InChI is InChI=1S/C76H126N2O62/c1-16(90)77-31-38(102)34(98)24(9-83)120-64(31)137-63-60(134-68-46(110)42(106)56(29(14-88)125-68)130-67-45(109)41(105)36(100)26(11-85)122-67)48(112)51(19(93)5-79)127-72(63)135-61-50(114)71(132-58-23(4-75(119,73(115)116)139-54(58)22(96)8-82)138-76(74(117)118)3-18(92)33(97)52(140-76)20(94)6-80)128-53(21(95)7-81)62(61)136-69-47(111)43(107)57(30(15-89)126-69)131-70-49(113)59(37(101)27(12-86)123-70)133-65-32(78-17(2)91)39(103)55(28(13-87)124-65)129-66-44(108)40(104)35(99)25(10-84)121-66/h18-72,79-89,92-114,119H,3-15H2,1-2H3,(H,77,90)(H,78,91)(H,115,116)(H,117,118)/t18-,19+,20-,21+,22-,23-,24-,25-,26-,27-,28-,29-,30-,31-,32-,33-,34-,35+,36+,37+,38-,39-,40+,41+,42-,43-,44-,45-,46-,47-,48-,49-,50+,51-,52-,53-,54-,55-,56-,57-,58-,59+,60+,61-,62-,63+,64-,65-,66-,67+,68+,69+,70+,71-,72-,75-,76-/m1/s1. The van der Waals surface area contributed by atoms with E-state index in [1.807, 2.05) is 0 Å². The quantitative estimate of drug-likeness (QED) is 0.0272. The number of aliphatic hydroxyl groups is 35. The van der Waals surface area contributed by atoms with Crippen LogP contribution in [-0.4, -0.2) is 634 Å². The number of hydrogen-bond donors (Lipinski definition) is 39. The zero-order chi connectivity index (χ0) is 104. The van der Waals surface area contributed by atoms with Crippen LogP contribution in [0.15, 0.2) is 0 Å². The molecule has 11 aliphatic rings. The molecule has 11 rings (SSSR count). The number of rotatable bonds is 39. The van der Waals surface area contributed by atoms with Gasteiger partial charge in [-0.15, -0.1) is 0 Å². The van der Waals surface area contributed by atoms with E-state index in [1.54, 1.807) is 0 Å². The molecule has 0 bridgehead atoms. The molecule has 0 unspecified atom stereocenters. The number of carbonyl (C=O) groups excluding carboxylic acids is 2. The Kier molecular flexibility index (Phi) is 40.9. The first-order valence-corrected chi connectivity index (χ1v) is 44.0. The lowest BCUT2D eigenvalue weighted by Crippen LogP contribution is -2.72. The topological polar surface area (TPSA) is 1030 Å². The summed E-state index contributed by atoms with van der Waals surface area (Å²) < 4.78 is 125. The number of ether oxygens (including phenoxy) is 21. The summed E-state index contributed by atoms with van der Waals surface area (Å²) in [6.45, 7) is -13.1. The van der Waals surface area contributed by atoms with Gasteiger partial charge in [-0.1, -0.05) is 0 Å². The lowest BCUT2D eigenvalue weighted by Gasteiger charge is -2.54. The molecule has 11 fully saturated rings. The predicted molar refractivity (Wildman–Crippen MR) is 420 cm³/mol. The van der Waals surface area contributed by atoms with Crippen LogP contribution in [0.4, 0.5) is 0 Å². The van der Waals surface area contributed by atoms with E-state index in [0.29, 0.717) is 0 Å². The van der Waals surface area contributed by atoms with Gasteiger partial charge in [-0.2, -0.15) is 0 Å². The number of amides is 2. The molecule has 39 N–H and O–H groups in total. The molecule has 11 aliphatic heterocycles. The average molecular weight is 2060 g/mol. The Hall–Kier alpha value is -4.36. The Labute approximate surface area is 788 Å². The van der Waals surface area contributed by atoms with Crippen molar-refractivity contribution in [2.24, 2.45) is 0 Å². The highest BCUT2D eigenvalue weighted by atomic mass is 16.8. The van der Waals surface area contributed by atoms with Crippen molar-refractivity contribution in [3.05, 3.63) is 0 Å². The molecule has 812 valence electrons. The smallest absolute Gasteiger partial charge is 0.364 e. The Balaban J connectivity index is 1.00. The maximum Gasteiger partial charge on any atom is 0.364 e. The van der Waals surface area contributed by atoms with Crippen LogP contribution in [0.1, 0.15) is 26.7 Å². The van der Waals surface area contributed by atoms with Gasteiger partial charge in [-0.25, -0.2) is 9.59 Å². The highest BCUT2D eigenvalue weighted by molar-refractivity contribution is 5.77. The van der Waals surface area contributed by atoms with E-state index < -0.39 is 458 Å². The summed E-state index contributed by atoms with van der Waals surface area (Å²) in [6.07, 6.45) is -132. The van der Waals surface area contributed by atoms with Gasteiger partial charge in [0.25, 0.3) is 11.6 Å². The van der Waals surface area contributed by atoms with Crippen molar-refractivity contribution in [1.82, 2.24) is 10.6 Å². The van der Waals surface area contributed by atoms with Crippen LogP contribution in [0.2, 0.25) is 0 Å². The summed E-state index contributed by atoms with van der Waals surface area (Å²) in [4.78, 5) is 52.8. The Morgan fingerprint density at radius 2 is 0.607 bits per heavy atom. The first-order valence-electron chi connectivity index (χ1n) is 44.0. The Morgan fingerprint density at radius 1 is 0.286 bits per heavy atom. The molecule has 2 amide bonds. The number of aliphatic hydroxyl groups excluding tert-OH is 34. The molecule has 64 heteroatoms. The monoisotopic (exact) mass is 2060 g/mol. The number of hydrogen-bond acceptors (Lipinski definition) is 60. The normalized spacial score (nSPS) is 49.2. The third-order valence-electron chi connectivity index (χ3n) is 25.7. The van der Waals surface area contributed by atoms with Crippen LogP contribution in [0.25, 0.3) is 0 Å². The van der Waals surface area contributed by atoms with Crippen LogP contribution in [0, 0.1) is 0 Å². The second kappa shape index (κ2) is 49.4. The molecule has 0 aromatic heterocycles. The van der Waals surface area contributed by atoms with E-state index in [-0.39, 0.29) is 0 Å². The van der Waals surface area contributed by atoms with E-state index in [0.717, 1.165) is 13.8 Å². The molecule has 0 saturated carbocycles. The van der Waals surface area contributed by atoms with Gasteiger partial charge in [0.2, 0.25) is 11.8 Å². The predicted octanol–water partition coefficient (Wildman–Crippen LogP) is -26.3. The third kappa shape index (κ3) is 24.4. The van der Waals surface area contributed by atoms with Crippen LogP contribution in [0.3, 0.4) is 0 Å². The van der Waals surface area contributed by atoms with Gasteiger partial charge in [0.05, 0.1) is 84.9 Å². The van der Waals surface area contributed by atoms with E-state index in [4.69, 9.17) is 99.5 Å². The van der Waals surface area contributed by atoms with Gasteiger partial charge in [-0.3, -0.25) is 9.59 Å². The summed E-state index contributed by atoms with van der Waals surface area (Å²) in [7, 11) is 0. The largest absolute Gasteiger partial charge is 0.477 e. The van der Waals surface area contributed by atoms with Crippen molar-refractivity contribution in [3.8, 4) is 0 Å². The van der Waals surface area contributed by atoms with E-state index >= 15 is 0 Å². The molecule has 57 atom stereocenters. The zero-order valence-electron chi connectivity index (χ0n) is 73.7. The molecule has 0 aromatic carbocycles. The van der Waals surface area contributed by atoms with Crippen molar-refractivity contribution in [2.45, 2.75) is 376 Å². The number of nitrogens with one attached hydrogen (secondary N) is 2. The fourth-order valence-corrected chi connectivity index (χ4v) is 18.1. The molecular formula is C76H126N2O62. The fourth-order valence-electron chi connectivity index (χ4n) is 18.1.